The Morgan fingerprint density at radius 3 is 2.62 bits per heavy atom. The van der Waals surface area contributed by atoms with Gasteiger partial charge in [0.1, 0.15) is 0 Å². The maximum atomic E-state index is 6.07. The van der Waals surface area contributed by atoms with E-state index in [0.29, 0.717) is 0 Å². The summed E-state index contributed by atoms with van der Waals surface area (Å²) < 4.78 is 10.8. The zero-order valence-electron chi connectivity index (χ0n) is 15.0. The van der Waals surface area contributed by atoms with Gasteiger partial charge in [-0.05, 0) is 68.6 Å². The van der Waals surface area contributed by atoms with Crippen molar-refractivity contribution in [3.05, 3.63) is 34.1 Å². The van der Waals surface area contributed by atoms with Crippen LogP contribution in [0.15, 0.2) is 24.3 Å². The number of rotatable bonds is 5. The van der Waals surface area contributed by atoms with Gasteiger partial charge in [-0.15, -0.1) is 5.10 Å². The average molecular weight is 394 g/mol. The van der Waals surface area contributed by atoms with Gasteiger partial charge in [0.05, 0.1) is 25.7 Å². The first kappa shape index (κ1) is 18.2. The highest BCUT2D eigenvalue weighted by atomic mass is 35.5. The van der Waals surface area contributed by atoms with Gasteiger partial charge in [-0.3, -0.25) is 4.57 Å². The van der Waals surface area contributed by atoms with E-state index in [4.69, 9.17) is 33.7 Å². The van der Waals surface area contributed by atoms with Crippen LogP contribution in [0.2, 0.25) is 5.02 Å². The zero-order valence-corrected chi connectivity index (χ0v) is 16.6. The molecular formula is C19H26ClN4OS+. The van der Waals surface area contributed by atoms with Crippen LogP contribution in [0.3, 0.4) is 0 Å². The first-order valence-corrected chi connectivity index (χ1v) is 10.4. The molecule has 0 bridgehead atoms. The Bertz CT molecular complexity index is 789. The van der Waals surface area contributed by atoms with Gasteiger partial charge in [0.15, 0.2) is 12.5 Å². The number of piperidine rings is 1. The van der Waals surface area contributed by atoms with Gasteiger partial charge in [0.2, 0.25) is 4.77 Å². The summed E-state index contributed by atoms with van der Waals surface area (Å²) in [5.41, 5.74) is 1.05. The van der Waals surface area contributed by atoms with Gasteiger partial charge in [-0.25, -0.2) is 0 Å². The summed E-state index contributed by atoms with van der Waals surface area (Å²) in [4.78, 5) is 1.57. The highest BCUT2D eigenvalue weighted by Gasteiger charge is 2.22. The highest BCUT2D eigenvalue weighted by Crippen LogP contribution is 2.23. The Morgan fingerprint density at radius 1 is 1.15 bits per heavy atom. The second-order valence-electron chi connectivity index (χ2n) is 7.33. The van der Waals surface area contributed by atoms with Crippen molar-refractivity contribution < 1.29 is 9.64 Å². The topological polar surface area (TPSA) is 36.4 Å². The molecule has 1 N–H and O–H groups in total. The summed E-state index contributed by atoms with van der Waals surface area (Å²) in [7, 11) is 0. The number of benzene rings is 1. The van der Waals surface area contributed by atoms with Gasteiger partial charge in [-0.2, -0.15) is 4.68 Å². The molecule has 7 heteroatoms. The maximum absolute atomic E-state index is 6.07. The van der Waals surface area contributed by atoms with Crippen LogP contribution in [0.5, 0.6) is 0 Å². The summed E-state index contributed by atoms with van der Waals surface area (Å²) in [5.74, 6) is 0.915. The molecule has 0 amide bonds. The summed E-state index contributed by atoms with van der Waals surface area (Å²) >= 11 is 11.9. The van der Waals surface area contributed by atoms with E-state index in [9.17, 15) is 0 Å². The first-order valence-electron chi connectivity index (χ1n) is 9.59. The third-order valence-corrected chi connectivity index (χ3v) is 6.05. The summed E-state index contributed by atoms with van der Waals surface area (Å²) in [6.45, 7) is 4.87. The Balaban J connectivity index is 1.66. The van der Waals surface area contributed by atoms with E-state index < -0.39 is 0 Å². The van der Waals surface area contributed by atoms with Crippen LogP contribution in [0.1, 0.15) is 32.1 Å². The van der Waals surface area contributed by atoms with E-state index in [1.54, 1.807) is 4.90 Å². The van der Waals surface area contributed by atoms with E-state index in [1.165, 1.54) is 32.4 Å². The summed E-state index contributed by atoms with van der Waals surface area (Å²) in [6.07, 6.45) is 6.38. The average Bonchev–Trinajstić information content (AvgIpc) is 3.27. The van der Waals surface area contributed by atoms with E-state index >= 15 is 0 Å². The fraction of sp³-hybridized carbons (Fsp3) is 0.579. The van der Waals surface area contributed by atoms with Gasteiger partial charge in [0.25, 0.3) is 0 Å². The Hall–Kier alpha value is -1.21. The SMILES string of the molecule is S=c1n(C[NH+]2CCCCC2)nc(-c2ccc(Cl)cc2)n1C[C@@H]1CCCO1. The van der Waals surface area contributed by atoms with Crippen LogP contribution in [0, 0.1) is 4.77 Å². The molecule has 4 rings (SSSR count). The van der Waals surface area contributed by atoms with Gasteiger partial charge in [-0.1, -0.05) is 11.6 Å². The predicted octanol–water partition coefficient (Wildman–Crippen LogP) is 2.94. The molecule has 26 heavy (non-hydrogen) atoms. The van der Waals surface area contributed by atoms with Crippen molar-refractivity contribution in [2.24, 2.45) is 0 Å². The number of ether oxygens (including phenoxy) is 1. The number of halogens is 1. The third kappa shape index (κ3) is 4.03. The molecule has 140 valence electrons. The largest absolute Gasteiger partial charge is 0.376 e. The van der Waals surface area contributed by atoms with Crippen LogP contribution >= 0.6 is 23.8 Å². The smallest absolute Gasteiger partial charge is 0.203 e. The number of likely N-dealkylation sites (tertiary alicyclic amines) is 1. The minimum absolute atomic E-state index is 0.229. The van der Waals surface area contributed by atoms with Crippen LogP contribution in [-0.2, 0) is 18.0 Å². The molecule has 0 saturated carbocycles. The van der Waals surface area contributed by atoms with Crippen molar-refractivity contribution in [3.8, 4) is 11.4 Å². The van der Waals surface area contributed by atoms with Crippen LogP contribution < -0.4 is 4.90 Å². The minimum atomic E-state index is 0.229. The lowest BCUT2D eigenvalue weighted by Gasteiger charge is -2.22. The molecule has 2 aromatic rings. The van der Waals surface area contributed by atoms with E-state index in [0.717, 1.165) is 53.8 Å². The molecule has 0 unspecified atom stereocenters. The molecule has 2 saturated heterocycles. The number of hydrogen-bond donors (Lipinski definition) is 1. The molecule has 1 atom stereocenters. The summed E-state index contributed by atoms with van der Waals surface area (Å²) in [5, 5.41) is 5.63. The number of hydrogen-bond acceptors (Lipinski definition) is 3. The molecule has 2 aliphatic heterocycles. The molecular weight excluding hydrogens is 368 g/mol. The molecule has 1 aromatic heterocycles. The van der Waals surface area contributed by atoms with E-state index in [-0.39, 0.29) is 6.10 Å². The Morgan fingerprint density at radius 2 is 1.92 bits per heavy atom. The lowest BCUT2D eigenvalue weighted by atomic mass is 10.1. The van der Waals surface area contributed by atoms with Crippen molar-refractivity contribution in [1.29, 1.82) is 0 Å². The highest BCUT2D eigenvalue weighted by molar-refractivity contribution is 7.71. The molecule has 1 aromatic carbocycles. The number of quaternary nitrogens is 1. The Labute approximate surface area is 164 Å². The van der Waals surface area contributed by atoms with Gasteiger partial charge < -0.3 is 9.64 Å². The molecule has 5 nitrogen and oxygen atoms in total. The number of nitrogens with one attached hydrogen (secondary N) is 1. The van der Waals surface area contributed by atoms with Crippen LogP contribution in [0.25, 0.3) is 11.4 Å². The van der Waals surface area contributed by atoms with Crippen molar-refractivity contribution in [1.82, 2.24) is 14.3 Å². The molecule has 0 aliphatic carbocycles. The second kappa shape index (κ2) is 8.21. The van der Waals surface area contributed by atoms with Crippen LogP contribution in [-0.4, -0.2) is 40.1 Å². The zero-order chi connectivity index (χ0) is 17.9. The predicted molar refractivity (Wildman–Crippen MR) is 105 cm³/mol. The maximum Gasteiger partial charge on any atom is 0.203 e. The molecule has 3 heterocycles. The lowest BCUT2D eigenvalue weighted by molar-refractivity contribution is -0.928. The van der Waals surface area contributed by atoms with Crippen molar-refractivity contribution in [2.45, 2.75) is 51.4 Å². The second-order valence-corrected chi connectivity index (χ2v) is 8.13. The fourth-order valence-electron chi connectivity index (χ4n) is 3.93. The monoisotopic (exact) mass is 393 g/mol. The number of aromatic nitrogens is 3. The normalized spacial score (nSPS) is 21.3. The van der Waals surface area contributed by atoms with E-state index in [1.807, 2.05) is 28.9 Å². The van der Waals surface area contributed by atoms with Crippen molar-refractivity contribution in [3.63, 3.8) is 0 Å². The van der Waals surface area contributed by atoms with Crippen molar-refractivity contribution >= 4 is 23.8 Å². The standard InChI is InChI=1S/C19H25ClN4OS/c20-16-8-6-15(7-9-16)18-21-24(14-22-10-2-1-3-11-22)19(26)23(18)13-17-5-4-12-25-17/h6-9,17H,1-5,10-14H2/p+1/t17-/m0/s1. The lowest BCUT2D eigenvalue weighted by Crippen LogP contribution is -3.12. The van der Waals surface area contributed by atoms with Gasteiger partial charge >= 0.3 is 0 Å². The van der Waals surface area contributed by atoms with Crippen LogP contribution in [0.4, 0.5) is 0 Å². The van der Waals surface area contributed by atoms with Gasteiger partial charge in [0, 0.05) is 17.2 Å². The molecule has 0 spiro atoms. The first-order chi connectivity index (χ1) is 12.7. The Kier molecular flexibility index (Phi) is 5.74. The number of nitrogens with zero attached hydrogens (tertiary/aromatic N) is 3. The molecule has 2 fully saturated rings. The van der Waals surface area contributed by atoms with E-state index in [2.05, 4.69) is 4.57 Å². The molecule has 0 radical (unpaired) electrons. The fourth-order valence-corrected chi connectivity index (χ4v) is 4.33. The van der Waals surface area contributed by atoms with Crippen molar-refractivity contribution in [2.75, 3.05) is 19.7 Å². The quantitative estimate of drug-likeness (QED) is 0.793. The summed E-state index contributed by atoms with van der Waals surface area (Å²) in [6, 6.07) is 7.85. The minimum Gasteiger partial charge on any atom is -0.376 e. The molecule has 2 aliphatic rings. The third-order valence-electron chi connectivity index (χ3n) is 5.37.